The smallest absolute Gasteiger partial charge is 0.140 e. The van der Waals surface area contributed by atoms with Crippen LogP contribution < -0.4 is 5.32 Å². The molecule has 5 heteroatoms. The van der Waals surface area contributed by atoms with E-state index in [1.807, 2.05) is 4.68 Å². The summed E-state index contributed by atoms with van der Waals surface area (Å²) < 4.78 is 1.98. The van der Waals surface area contributed by atoms with Crippen molar-refractivity contribution in [2.45, 2.75) is 60.2 Å². The minimum Gasteiger partial charge on any atom is -0.306 e. The molecule has 0 aromatic carbocycles. The quantitative estimate of drug-likeness (QED) is 0.784. The van der Waals surface area contributed by atoms with Gasteiger partial charge in [0, 0.05) is 18.5 Å². The number of halogens is 1. The summed E-state index contributed by atoms with van der Waals surface area (Å²) in [4.78, 5) is 4.34. The maximum absolute atomic E-state index is 5.89. The molecule has 1 aromatic rings. The van der Waals surface area contributed by atoms with Gasteiger partial charge in [0.1, 0.15) is 12.2 Å². The molecule has 4 nitrogen and oxygen atoms in total. The molecule has 0 bridgehead atoms. The fraction of sp³-hybridized carbons (Fsp3) is 0.857. The third-order valence-electron chi connectivity index (χ3n) is 3.18. The molecule has 0 fully saturated rings. The summed E-state index contributed by atoms with van der Waals surface area (Å²) in [6.45, 7) is 12.7. The molecule has 0 radical (unpaired) electrons. The van der Waals surface area contributed by atoms with E-state index >= 15 is 0 Å². The first kappa shape index (κ1) is 16.4. The maximum Gasteiger partial charge on any atom is 0.140 e. The molecule has 1 heterocycles. The van der Waals surface area contributed by atoms with Gasteiger partial charge >= 0.3 is 0 Å². The van der Waals surface area contributed by atoms with Gasteiger partial charge in [0.25, 0.3) is 0 Å². The second-order valence-electron chi connectivity index (χ2n) is 6.53. The van der Waals surface area contributed by atoms with Crippen molar-refractivity contribution >= 4 is 11.6 Å². The Bertz CT molecular complexity index is 368. The van der Waals surface area contributed by atoms with Crippen LogP contribution in [0.5, 0.6) is 0 Å². The zero-order valence-electron chi connectivity index (χ0n) is 12.8. The van der Waals surface area contributed by atoms with E-state index in [9.17, 15) is 0 Å². The molecule has 0 aliphatic carbocycles. The lowest BCUT2D eigenvalue weighted by Crippen LogP contribution is -2.40. The van der Waals surface area contributed by atoms with Crippen LogP contribution in [0.3, 0.4) is 0 Å². The van der Waals surface area contributed by atoms with Gasteiger partial charge in [-0.25, -0.2) is 9.67 Å². The van der Waals surface area contributed by atoms with Gasteiger partial charge in [0.05, 0.1) is 6.54 Å². The molecule has 0 spiro atoms. The second kappa shape index (κ2) is 7.25. The second-order valence-corrected chi connectivity index (χ2v) is 6.91. The molecular formula is C14H27ClN4. The van der Waals surface area contributed by atoms with Crippen molar-refractivity contribution in [2.75, 3.05) is 5.88 Å². The van der Waals surface area contributed by atoms with Crippen LogP contribution >= 0.6 is 11.6 Å². The van der Waals surface area contributed by atoms with E-state index in [0.29, 0.717) is 17.8 Å². The number of nitrogens with one attached hydrogen (secondary N) is 1. The summed E-state index contributed by atoms with van der Waals surface area (Å²) in [6, 6.07) is 0.384. The highest BCUT2D eigenvalue weighted by Crippen LogP contribution is 2.22. The standard InChI is InChI=1S/C14H27ClN4/c1-11(2)9-19-13(17-10-18-19)8-16-12(6-7-15)14(3,4)5/h10-12,16H,6-9H2,1-5H3. The van der Waals surface area contributed by atoms with E-state index in [-0.39, 0.29) is 5.41 Å². The van der Waals surface area contributed by atoms with Crippen molar-refractivity contribution in [3.05, 3.63) is 12.2 Å². The average molecular weight is 287 g/mol. The van der Waals surface area contributed by atoms with Gasteiger partial charge in [-0.3, -0.25) is 0 Å². The Hall–Kier alpha value is -0.610. The van der Waals surface area contributed by atoms with E-state index in [4.69, 9.17) is 11.6 Å². The Kier molecular flexibility index (Phi) is 6.27. The van der Waals surface area contributed by atoms with Crippen LogP contribution in [0.15, 0.2) is 6.33 Å². The van der Waals surface area contributed by atoms with E-state index in [1.54, 1.807) is 6.33 Å². The number of hydrogen-bond donors (Lipinski definition) is 1. The highest BCUT2D eigenvalue weighted by Gasteiger charge is 2.24. The Balaban J connectivity index is 2.62. The average Bonchev–Trinajstić information content (AvgIpc) is 2.69. The highest BCUT2D eigenvalue weighted by molar-refractivity contribution is 6.17. The van der Waals surface area contributed by atoms with E-state index < -0.39 is 0 Å². The first-order valence-corrected chi connectivity index (χ1v) is 7.54. The zero-order valence-corrected chi connectivity index (χ0v) is 13.5. The van der Waals surface area contributed by atoms with Crippen molar-refractivity contribution in [1.82, 2.24) is 20.1 Å². The largest absolute Gasteiger partial charge is 0.306 e. The summed E-state index contributed by atoms with van der Waals surface area (Å²) in [5, 5.41) is 7.85. The Labute approximate surface area is 121 Å². The van der Waals surface area contributed by atoms with Crippen molar-refractivity contribution in [3.8, 4) is 0 Å². The number of aromatic nitrogens is 3. The summed E-state index contributed by atoms with van der Waals surface area (Å²) in [5.41, 5.74) is 0.192. The summed E-state index contributed by atoms with van der Waals surface area (Å²) >= 11 is 5.89. The number of hydrogen-bond acceptors (Lipinski definition) is 3. The molecule has 19 heavy (non-hydrogen) atoms. The van der Waals surface area contributed by atoms with Crippen LogP contribution in [0, 0.1) is 11.3 Å². The maximum atomic E-state index is 5.89. The van der Waals surface area contributed by atoms with E-state index in [1.165, 1.54) is 0 Å². The van der Waals surface area contributed by atoms with Gasteiger partial charge in [-0.05, 0) is 17.8 Å². The van der Waals surface area contributed by atoms with Gasteiger partial charge in [-0.1, -0.05) is 34.6 Å². The van der Waals surface area contributed by atoms with Gasteiger partial charge in [-0.2, -0.15) is 5.10 Å². The minimum absolute atomic E-state index is 0.192. The van der Waals surface area contributed by atoms with Gasteiger partial charge in [0.2, 0.25) is 0 Å². The Morgan fingerprint density at radius 3 is 2.58 bits per heavy atom. The van der Waals surface area contributed by atoms with Gasteiger partial charge < -0.3 is 5.32 Å². The SMILES string of the molecule is CC(C)Cn1ncnc1CNC(CCCl)C(C)(C)C. The molecule has 110 valence electrons. The van der Waals surface area contributed by atoms with Crippen molar-refractivity contribution < 1.29 is 0 Å². The van der Waals surface area contributed by atoms with E-state index in [2.05, 4.69) is 50.0 Å². The molecule has 0 aliphatic heterocycles. The van der Waals surface area contributed by atoms with Crippen molar-refractivity contribution in [1.29, 1.82) is 0 Å². The third-order valence-corrected chi connectivity index (χ3v) is 3.40. The lowest BCUT2D eigenvalue weighted by atomic mass is 9.85. The molecule has 1 atom stereocenters. The minimum atomic E-state index is 0.192. The van der Waals surface area contributed by atoms with Crippen LogP contribution in [0.1, 0.15) is 46.9 Å². The first-order valence-electron chi connectivity index (χ1n) is 7.00. The Morgan fingerprint density at radius 1 is 1.37 bits per heavy atom. The summed E-state index contributed by atoms with van der Waals surface area (Å²) in [5.74, 6) is 2.24. The van der Waals surface area contributed by atoms with Gasteiger partial charge in [-0.15, -0.1) is 11.6 Å². The van der Waals surface area contributed by atoms with Crippen LogP contribution in [0.4, 0.5) is 0 Å². The third kappa shape index (κ3) is 5.49. The topological polar surface area (TPSA) is 42.7 Å². The molecule has 0 amide bonds. The summed E-state index contributed by atoms with van der Waals surface area (Å²) in [6.07, 6.45) is 2.59. The number of nitrogens with zero attached hydrogens (tertiary/aromatic N) is 3. The fourth-order valence-electron chi connectivity index (χ4n) is 2.09. The van der Waals surface area contributed by atoms with Crippen LogP contribution in [0.2, 0.25) is 0 Å². The Morgan fingerprint density at radius 2 is 2.05 bits per heavy atom. The van der Waals surface area contributed by atoms with Crippen molar-refractivity contribution in [2.24, 2.45) is 11.3 Å². The van der Waals surface area contributed by atoms with Crippen LogP contribution in [-0.4, -0.2) is 26.7 Å². The van der Waals surface area contributed by atoms with Crippen LogP contribution in [0.25, 0.3) is 0 Å². The lowest BCUT2D eigenvalue weighted by molar-refractivity contribution is 0.257. The first-order chi connectivity index (χ1) is 8.84. The molecule has 1 aromatic heterocycles. The van der Waals surface area contributed by atoms with E-state index in [0.717, 1.165) is 25.3 Å². The normalized spacial score (nSPS) is 14.1. The summed E-state index contributed by atoms with van der Waals surface area (Å²) in [7, 11) is 0. The predicted octanol–water partition coefficient (Wildman–Crippen LogP) is 3.07. The van der Waals surface area contributed by atoms with Crippen molar-refractivity contribution in [3.63, 3.8) is 0 Å². The monoisotopic (exact) mass is 286 g/mol. The number of alkyl halides is 1. The van der Waals surface area contributed by atoms with Crippen LogP contribution in [-0.2, 0) is 13.1 Å². The molecule has 1 N–H and O–H groups in total. The van der Waals surface area contributed by atoms with Gasteiger partial charge in [0.15, 0.2) is 0 Å². The molecule has 0 saturated carbocycles. The predicted molar refractivity (Wildman–Crippen MR) is 80.3 cm³/mol. The lowest BCUT2D eigenvalue weighted by Gasteiger charge is -2.31. The fourth-order valence-corrected chi connectivity index (χ4v) is 2.31. The molecule has 0 aliphatic rings. The molecule has 1 rings (SSSR count). The number of rotatable bonds is 7. The molecule has 1 unspecified atom stereocenters. The zero-order chi connectivity index (χ0) is 14.5. The molecule has 0 saturated heterocycles. The highest BCUT2D eigenvalue weighted by atomic mass is 35.5. The molecular weight excluding hydrogens is 260 g/mol.